The Bertz CT molecular complexity index is 1550. The van der Waals surface area contributed by atoms with E-state index in [4.69, 9.17) is 0 Å². The molecule has 0 aromatic heterocycles. The van der Waals surface area contributed by atoms with Gasteiger partial charge in [0, 0.05) is 0 Å². The molecule has 234 valence electrons. The average Bonchev–Trinajstić information content (AvgIpc) is 3.59. The summed E-state index contributed by atoms with van der Waals surface area (Å²) in [5, 5.41) is 0. The molecule has 0 nitrogen and oxygen atoms in total. The van der Waals surface area contributed by atoms with Gasteiger partial charge in [-0.05, 0) is 28.4 Å². The van der Waals surface area contributed by atoms with Crippen LogP contribution in [0.1, 0.15) is 91.6 Å². The van der Waals surface area contributed by atoms with E-state index in [0.717, 1.165) is 6.42 Å². The Labute approximate surface area is 300 Å². The molecule has 0 bridgehead atoms. The largest absolute Gasteiger partial charge is 1.00 e. The predicted octanol–water partition coefficient (Wildman–Crippen LogP) is 4.79. The van der Waals surface area contributed by atoms with Crippen molar-refractivity contribution in [2.75, 3.05) is 0 Å². The summed E-state index contributed by atoms with van der Waals surface area (Å²) in [6.07, 6.45) is 1.03. The molecule has 0 saturated carbocycles. The first-order valence-electron chi connectivity index (χ1n) is 15.3. The van der Waals surface area contributed by atoms with Crippen LogP contribution in [0.25, 0.3) is 11.1 Å². The topological polar surface area (TPSA) is 0 Å². The summed E-state index contributed by atoms with van der Waals surface area (Å²) in [7, 11) is 0. The van der Waals surface area contributed by atoms with Gasteiger partial charge in [-0.15, -0.1) is 11.1 Å². The van der Waals surface area contributed by atoms with Crippen LogP contribution in [0, 0.1) is 26.8 Å². The van der Waals surface area contributed by atoms with Crippen molar-refractivity contribution in [2.24, 2.45) is 0 Å². The molecule has 0 radical (unpaired) electrons. The Morgan fingerprint density at radius 3 is 1.58 bits per heavy atom. The first-order valence-corrected chi connectivity index (χ1v) is 16.6. The zero-order chi connectivity index (χ0) is 31.4. The number of fused-ring (bicyclic) bond motifs is 3. The molecule has 0 aliphatic heterocycles. The maximum Gasteiger partial charge on any atom is -1.00 e. The summed E-state index contributed by atoms with van der Waals surface area (Å²) in [5.41, 5.74) is 15.4. The monoisotopic (exact) mass is 710 g/mol. The molecule has 0 fully saturated rings. The molecule has 6 rings (SSSR count). The van der Waals surface area contributed by atoms with Crippen LogP contribution in [-0.4, -0.2) is 3.21 Å². The average molecular weight is 713 g/mol. The van der Waals surface area contributed by atoms with Crippen LogP contribution in [0.4, 0.5) is 0 Å². The maximum absolute atomic E-state index is 3.67. The van der Waals surface area contributed by atoms with Crippen molar-refractivity contribution in [2.45, 2.75) is 79.6 Å². The molecule has 1 aliphatic rings. The molecular formula is C42H46Cl2Zr-2. The summed E-state index contributed by atoms with van der Waals surface area (Å²) in [4.78, 5) is 0. The molecule has 45 heavy (non-hydrogen) atoms. The zero-order valence-electron chi connectivity index (χ0n) is 28.3. The van der Waals surface area contributed by atoms with Crippen LogP contribution in [-0.2, 0) is 41.5 Å². The van der Waals surface area contributed by atoms with Crippen LogP contribution in [0.2, 0.25) is 0 Å². The van der Waals surface area contributed by atoms with Gasteiger partial charge in [0.2, 0.25) is 0 Å². The summed E-state index contributed by atoms with van der Waals surface area (Å²) in [6.45, 7) is 19.9. The zero-order valence-corrected chi connectivity index (χ0v) is 32.2. The fraction of sp³-hybridized carbons (Fsp3) is 0.286. The van der Waals surface area contributed by atoms with Gasteiger partial charge < -0.3 is 24.8 Å². The van der Waals surface area contributed by atoms with Gasteiger partial charge >= 0.3 is 112 Å². The van der Waals surface area contributed by atoms with E-state index in [-0.39, 0.29) is 35.6 Å². The van der Waals surface area contributed by atoms with Crippen molar-refractivity contribution in [1.29, 1.82) is 0 Å². The molecule has 3 heteroatoms. The molecule has 0 heterocycles. The van der Waals surface area contributed by atoms with E-state index in [2.05, 4.69) is 159 Å². The summed E-state index contributed by atoms with van der Waals surface area (Å²) >= 11 is 1.46. The molecule has 0 unspecified atom stereocenters. The minimum absolute atomic E-state index is 0. The molecule has 0 spiro atoms. The molecule has 1 aliphatic carbocycles. The second kappa shape index (κ2) is 16.4. The fourth-order valence-electron chi connectivity index (χ4n) is 5.11. The van der Waals surface area contributed by atoms with E-state index >= 15 is 0 Å². The number of benzene rings is 4. The standard InChI is InChI=1S/C21H25.C15H14.C6H7.2ClH.Zr/c1-20(2,3)16-7-9-18-14(12-16)11-15-13-17(21(4,5)6)8-10-19(15)18;1-12-3-7-14(8-4-12)11-15-9-5-13(2)6-10-15;1-6-4-2-3-5-6;;;/h7-10,12H,11H2,1-6H3;3-10H,1-2H3;2-5H,1H3;2*1H;/q-1;;-1;;;+2/p-2. The maximum atomic E-state index is 3.67. The number of halogens is 2. The van der Waals surface area contributed by atoms with Gasteiger partial charge in [-0.25, -0.2) is 12.1 Å². The number of aryl methyl sites for hydroxylation is 3. The molecule has 0 amide bonds. The molecule has 0 N–H and O–H groups in total. The van der Waals surface area contributed by atoms with Crippen LogP contribution in [0.5, 0.6) is 0 Å². The van der Waals surface area contributed by atoms with Crippen molar-refractivity contribution in [3.05, 3.63) is 159 Å². The quantitative estimate of drug-likeness (QED) is 0.227. The minimum Gasteiger partial charge on any atom is -1.00 e. The third-order valence-corrected chi connectivity index (χ3v) is 9.39. The van der Waals surface area contributed by atoms with Crippen LogP contribution >= 0.6 is 0 Å². The number of hydrogen-bond donors (Lipinski definition) is 0. The summed E-state index contributed by atoms with van der Waals surface area (Å²) < 4.78 is 1.42. The van der Waals surface area contributed by atoms with Gasteiger partial charge in [-0.2, -0.15) is 41.5 Å². The Kier molecular flexibility index (Phi) is 14.1. The fourth-order valence-corrected chi connectivity index (χ4v) is 5.92. The third-order valence-electron chi connectivity index (χ3n) is 7.97. The normalized spacial score (nSPS) is 11.4. The molecular weight excluding hydrogens is 667 g/mol. The van der Waals surface area contributed by atoms with Gasteiger partial charge in [0.25, 0.3) is 0 Å². The second-order valence-electron chi connectivity index (χ2n) is 13.9. The van der Waals surface area contributed by atoms with Crippen molar-refractivity contribution in [1.82, 2.24) is 0 Å². The van der Waals surface area contributed by atoms with E-state index in [9.17, 15) is 0 Å². The van der Waals surface area contributed by atoms with E-state index in [1.165, 1.54) is 88.6 Å². The molecule has 5 aromatic carbocycles. The second-order valence-corrected chi connectivity index (χ2v) is 15.1. The summed E-state index contributed by atoms with van der Waals surface area (Å²) in [5.74, 6) is 0. The van der Waals surface area contributed by atoms with Crippen molar-refractivity contribution >= 4 is 3.21 Å². The smallest absolute Gasteiger partial charge is 1.00 e. The molecule has 0 saturated heterocycles. The SMILES string of the molecule is CC(C)(C)c1[c-]c2c(cc1)-c1ccc(C(C)(C)C)cc1C2.C[c-]1cccc1.Cc1ccc([C](=[Zr+2])c2ccc(C)cc2)cc1.[Cl-].[Cl-]. The Balaban J connectivity index is 0.000000260. The van der Waals surface area contributed by atoms with Gasteiger partial charge in [0.05, 0.1) is 0 Å². The van der Waals surface area contributed by atoms with Crippen LogP contribution in [0.3, 0.4) is 0 Å². The van der Waals surface area contributed by atoms with Crippen molar-refractivity contribution < 1.29 is 49.0 Å². The van der Waals surface area contributed by atoms with Gasteiger partial charge in [0.15, 0.2) is 0 Å². The number of hydrogen-bond acceptors (Lipinski definition) is 0. The number of rotatable bonds is 2. The van der Waals surface area contributed by atoms with Crippen molar-refractivity contribution in [3.8, 4) is 11.1 Å². The van der Waals surface area contributed by atoms with E-state index in [1.807, 2.05) is 12.1 Å². The van der Waals surface area contributed by atoms with E-state index in [0.29, 0.717) is 0 Å². The van der Waals surface area contributed by atoms with Crippen molar-refractivity contribution in [3.63, 3.8) is 0 Å². The molecule has 0 atom stereocenters. The van der Waals surface area contributed by atoms with Crippen LogP contribution in [0.15, 0.2) is 103 Å². The van der Waals surface area contributed by atoms with Crippen LogP contribution < -0.4 is 24.8 Å². The third kappa shape index (κ3) is 10.5. The first-order chi connectivity index (χ1) is 20.2. The Morgan fingerprint density at radius 2 is 1.16 bits per heavy atom. The van der Waals surface area contributed by atoms with Gasteiger partial charge in [-0.1, -0.05) is 72.2 Å². The van der Waals surface area contributed by atoms with Gasteiger partial charge in [0.1, 0.15) is 0 Å². The van der Waals surface area contributed by atoms with E-state index in [1.54, 1.807) is 0 Å². The molecule has 5 aromatic rings. The summed E-state index contributed by atoms with van der Waals surface area (Å²) in [6, 6.07) is 40.9. The van der Waals surface area contributed by atoms with Gasteiger partial charge in [-0.3, -0.25) is 0 Å². The minimum atomic E-state index is 0. The Morgan fingerprint density at radius 1 is 0.667 bits per heavy atom. The van der Waals surface area contributed by atoms with E-state index < -0.39 is 0 Å². The predicted molar refractivity (Wildman–Crippen MR) is 183 cm³/mol. The first kappa shape index (κ1) is 38.7. The Hall–Kier alpha value is -2.44.